The number of sulfonamides is 1. The summed E-state index contributed by atoms with van der Waals surface area (Å²) in [5, 5.41) is 2.20. The zero-order valence-corrected chi connectivity index (χ0v) is 18.2. The first-order valence-electron chi connectivity index (χ1n) is 7.33. The zero-order valence-electron chi connectivity index (χ0n) is 14.9. The average Bonchev–Trinajstić information content (AvgIpc) is 2.59. The third kappa shape index (κ3) is 6.05. The van der Waals surface area contributed by atoms with Crippen LogP contribution in [0.4, 0.5) is 10.7 Å². The van der Waals surface area contributed by atoms with Crippen LogP contribution in [0.1, 0.15) is 0 Å². The number of aromatic nitrogens is 2. The van der Waals surface area contributed by atoms with Crippen molar-refractivity contribution in [3.63, 3.8) is 0 Å². The number of hydrogen-bond donors (Lipinski definition) is 2. The predicted octanol–water partition coefficient (Wildman–Crippen LogP) is -0.288. The minimum atomic E-state index is -4.45. The van der Waals surface area contributed by atoms with Crippen LogP contribution >= 0.6 is 0 Å². The van der Waals surface area contributed by atoms with Gasteiger partial charge in [-0.2, -0.15) is 0 Å². The normalized spacial score (nSPS) is 11.5. The zero-order chi connectivity index (χ0) is 20.9. The molecule has 0 saturated heterocycles. The molecule has 1 aromatic heterocycles. The molecule has 0 aliphatic rings. The van der Waals surface area contributed by atoms with Gasteiger partial charge in [0.05, 0.1) is 0 Å². The topological polar surface area (TPSA) is 154 Å². The first-order valence-corrected chi connectivity index (χ1v) is 13.2. The van der Waals surface area contributed by atoms with Gasteiger partial charge in [-0.3, -0.25) is 0 Å². The number of methoxy groups -OCH3 is 1. The molecule has 2 N–H and O–H groups in total. The van der Waals surface area contributed by atoms with Crippen LogP contribution in [0.25, 0.3) is 0 Å². The molecular weight excluding hydrogens is 479 g/mol. The number of benzene rings is 1. The van der Waals surface area contributed by atoms with E-state index >= 15 is 0 Å². The average molecular weight is 495 g/mol. The number of carbonyl (C=O) groups is 1. The van der Waals surface area contributed by atoms with Crippen molar-refractivity contribution in [2.45, 2.75) is 10.7 Å². The summed E-state index contributed by atoms with van der Waals surface area (Å²) in [7, 11) is -7.04. The fourth-order valence-corrected chi connectivity index (χ4v) is 4.27. The van der Waals surface area contributed by atoms with Crippen LogP contribution in [0.2, 0.25) is 5.82 Å². The summed E-state index contributed by atoms with van der Waals surface area (Å²) in [6.45, 7) is 0. The molecule has 0 unspecified atom stereocenters. The number of amides is 2. The molecule has 1 aromatic carbocycles. The Kier molecular flexibility index (Phi) is 6.82. The molecule has 11 nitrogen and oxygen atoms in total. The van der Waals surface area contributed by atoms with Gasteiger partial charge in [-0.15, -0.1) is 0 Å². The molecule has 0 saturated carbocycles. The number of hydrogen-bond acceptors (Lipinski definition) is 9. The van der Waals surface area contributed by atoms with Crippen molar-refractivity contribution in [1.29, 1.82) is 0 Å². The van der Waals surface area contributed by atoms with E-state index in [1.165, 1.54) is 19.2 Å². The number of urea groups is 1. The monoisotopic (exact) mass is 496 g/mol. The summed E-state index contributed by atoms with van der Waals surface area (Å²) in [6, 6.07) is 5.43. The Balaban J connectivity index is 2.25. The van der Waals surface area contributed by atoms with E-state index in [1.54, 1.807) is 10.8 Å². The SMILES string of the molecule is COc1cc([Se]C)nc(NC(=O)NS(=O)(=O)c2ccccc2OS(C)(=O)=O)n1. The second kappa shape index (κ2) is 8.73. The second-order valence-electron chi connectivity index (χ2n) is 5.07. The van der Waals surface area contributed by atoms with Crippen LogP contribution in [-0.4, -0.2) is 61.2 Å². The summed E-state index contributed by atoms with van der Waals surface area (Å²) in [5.74, 6) is 1.51. The van der Waals surface area contributed by atoms with Crippen molar-refractivity contribution in [1.82, 2.24) is 14.7 Å². The summed E-state index contributed by atoms with van der Waals surface area (Å²) in [6.07, 6.45) is 0.767. The van der Waals surface area contributed by atoms with Gasteiger partial charge < -0.3 is 0 Å². The molecule has 0 bridgehead atoms. The number of nitrogens with zero attached hydrogens (tertiary/aromatic N) is 2. The van der Waals surface area contributed by atoms with Crippen LogP contribution in [-0.2, 0) is 20.1 Å². The van der Waals surface area contributed by atoms with E-state index in [2.05, 4.69) is 19.5 Å². The van der Waals surface area contributed by atoms with Crippen molar-refractivity contribution < 1.29 is 30.6 Å². The fraction of sp³-hybridized carbons (Fsp3) is 0.214. The molecule has 0 fully saturated rings. The predicted molar refractivity (Wildman–Crippen MR) is 101 cm³/mol. The molecule has 152 valence electrons. The Hall–Kier alpha value is -2.41. The minimum absolute atomic E-state index is 0.0167. The summed E-state index contributed by atoms with van der Waals surface area (Å²) >= 11 is -0.0167. The Morgan fingerprint density at radius 2 is 1.82 bits per heavy atom. The van der Waals surface area contributed by atoms with Gasteiger partial charge in [-0.1, -0.05) is 0 Å². The van der Waals surface area contributed by atoms with E-state index in [0.29, 0.717) is 4.59 Å². The molecule has 2 rings (SSSR count). The van der Waals surface area contributed by atoms with Gasteiger partial charge in [-0.05, 0) is 0 Å². The van der Waals surface area contributed by atoms with Gasteiger partial charge in [0.1, 0.15) is 0 Å². The molecule has 0 aliphatic heterocycles. The van der Waals surface area contributed by atoms with Crippen molar-refractivity contribution >= 4 is 51.7 Å². The summed E-state index contributed by atoms with van der Waals surface area (Å²) in [4.78, 5) is 19.6. The van der Waals surface area contributed by atoms with Gasteiger partial charge in [0.15, 0.2) is 0 Å². The number of carbonyl (C=O) groups excluding carboxylic acids is 1. The molecule has 0 spiro atoms. The molecule has 2 amide bonds. The molecule has 28 heavy (non-hydrogen) atoms. The first-order chi connectivity index (χ1) is 13.0. The summed E-state index contributed by atoms with van der Waals surface area (Å²) < 4.78 is 59.6. The van der Waals surface area contributed by atoms with Gasteiger partial charge in [0, 0.05) is 0 Å². The standard InChI is InChI=1S/C14H16N4O7S2Se/c1-24-11-8-12(28-3)16-13(15-11)17-14(19)18-27(22,23)10-7-5-4-6-9(10)25-26(2,20)21/h4-8H,1-3H3,(H2,15,16,17,18,19). The third-order valence-electron chi connectivity index (χ3n) is 2.93. The van der Waals surface area contributed by atoms with E-state index in [9.17, 15) is 21.6 Å². The first kappa shape index (κ1) is 21.9. The fourth-order valence-electron chi connectivity index (χ4n) is 1.88. The molecule has 0 aliphatic carbocycles. The molecular formula is C14H16N4O7S2Se. The van der Waals surface area contributed by atoms with E-state index < -0.39 is 36.8 Å². The van der Waals surface area contributed by atoms with Crippen molar-refractivity contribution in [2.24, 2.45) is 0 Å². The number of nitrogens with one attached hydrogen (secondary N) is 2. The van der Waals surface area contributed by atoms with E-state index in [4.69, 9.17) is 4.74 Å². The Morgan fingerprint density at radius 1 is 1.14 bits per heavy atom. The van der Waals surface area contributed by atoms with Crippen LogP contribution < -0.4 is 23.6 Å². The van der Waals surface area contributed by atoms with Crippen molar-refractivity contribution in [2.75, 3.05) is 18.7 Å². The molecule has 2 aromatic rings. The maximum atomic E-state index is 12.5. The van der Waals surface area contributed by atoms with Crippen LogP contribution in [0.3, 0.4) is 0 Å². The van der Waals surface area contributed by atoms with E-state index in [0.717, 1.165) is 18.4 Å². The second-order valence-corrected chi connectivity index (χ2v) is 10.0. The van der Waals surface area contributed by atoms with Crippen LogP contribution in [0.15, 0.2) is 35.2 Å². The van der Waals surface area contributed by atoms with Gasteiger partial charge in [-0.25, -0.2) is 0 Å². The quantitative estimate of drug-likeness (QED) is 0.390. The summed E-state index contributed by atoms with van der Waals surface area (Å²) in [5.41, 5.74) is 0. The van der Waals surface area contributed by atoms with Gasteiger partial charge in [0.2, 0.25) is 0 Å². The molecule has 14 heteroatoms. The number of rotatable bonds is 7. The number of ether oxygens (including phenoxy) is 1. The van der Waals surface area contributed by atoms with Crippen molar-refractivity contribution in [3.8, 4) is 11.6 Å². The molecule has 0 radical (unpaired) electrons. The molecule has 0 atom stereocenters. The van der Waals surface area contributed by atoms with Crippen LogP contribution in [0.5, 0.6) is 11.6 Å². The van der Waals surface area contributed by atoms with E-state index in [-0.39, 0.29) is 26.8 Å². The Morgan fingerprint density at radius 3 is 2.43 bits per heavy atom. The Labute approximate surface area is 168 Å². The van der Waals surface area contributed by atoms with Crippen molar-refractivity contribution in [3.05, 3.63) is 30.3 Å². The molecule has 1 heterocycles. The Bertz CT molecular complexity index is 1070. The number of anilines is 1. The van der Waals surface area contributed by atoms with Crippen LogP contribution in [0, 0.1) is 0 Å². The van der Waals surface area contributed by atoms with Gasteiger partial charge in [0.25, 0.3) is 0 Å². The van der Waals surface area contributed by atoms with E-state index in [1.807, 2.05) is 5.82 Å². The third-order valence-corrected chi connectivity index (χ3v) is 6.10. The van der Waals surface area contributed by atoms with Gasteiger partial charge >= 0.3 is 168 Å². The maximum absolute atomic E-state index is 12.5. The number of para-hydroxylation sites is 1.